The van der Waals surface area contributed by atoms with Gasteiger partial charge in [-0.1, -0.05) is 17.7 Å². The number of hydrogen-bond acceptors (Lipinski definition) is 5. The van der Waals surface area contributed by atoms with Crippen LogP contribution in [0.5, 0.6) is 5.75 Å². The zero-order chi connectivity index (χ0) is 24.5. The van der Waals surface area contributed by atoms with E-state index in [1.54, 1.807) is 62.6 Å². The molecule has 0 heterocycles. The molecule has 0 aliphatic rings. The van der Waals surface area contributed by atoms with E-state index in [0.29, 0.717) is 22.7 Å². The minimum absolute atomic E-state index is 0.160. The summed E-state index contributed by atoms with van der Waals surface area (Å²) in [5.74, 6) is 0.223. The average molecular weight is 478 g/mol. The quantitative estimate of drug-likeness (QED) is 0.405. The molecular formula is C26H27N3O4S. The molecule has 0 aliphatic heterocycles. The van der Waals surface area contributed by atoms with Crippen LogP contribution in [-0.2, 0) is 9.59 Å². The summed E-state index contributed by atoms with van der Waals surface area (Å²) in [6.07, 6.45) is 0. The van der Waals surface area contributed by atoms with Crippen LogP contribution in [0.15, 0.2) is 72.8 Å². The predicted octanol–water partition coefficient (Wildman–Crippen LogP) is 4.95. The SMILES string of the molecule is COc1ccc(NC(=O)c2ccc(NC(=O)C(C)SCC(=O)Nc3ccc(C)cc3)cc2)cc1. The zero-order valence-electron chi connectivity index (χ0n) is 19.3. The van der Waals surface area contributed by atoms with E-state index < -0.39 is 5.25 Å². The Bertz CT molecular complexity index is 1130. The fourth-order valence-corrected chi connectivity index (χ4v) is 3.62. The highest BCUT2D eigenvalue weighted by molar-refractivity contribution is 8.01. The molecular weight excluding hydrogens is 450 g/mol. The van der Waals surface area contributed by atoms with Crippen molar-refractivity contribution < 1.29 is 19.1 Å². The number of hydrogen-bond donors (Lipinski definition) is 3. The van der Waals surface area contributed by atoms with Crippen LogP contribution in [0.1, 0.15) is 22.8 Å². The summed E-state index contributed by atoms with van der Waals surface area (Å²) in [5, 5.41) is 8.01. The fourth-order valence-electron chi connectivity index (χ4n) is 2.94. The molecule has 3 amide bonds. The normalized spacial score (nSPS) is 11.3. The Morgan fingerprint density at radius 2 is 1.32 bits per heavy atom. The smallest absolute Gasteiger partial charge is 0.255 e. The van der Waals surface area contributed by atoms with E-state index in [2.05, 4.69) is 16.0 Å². The molecule has 0 aromatic heterocycles. The van der Waals surface area contributed by atoms with Crippen LogP contribution in [0.3, 0.4) is 0 Å². The molecule has 3 aromatic rings. The van der Waals surface area contributed by atoms with Gasteiger partial charge >= 0.3 is 0 Å². The molecule has 176 valence electrons. The average Bonchev–Trinajstić information content (AvgIpc) is 2.84. The van der Waals surface area contributed by atoms with Crippen LogP contribution in [0.25, 0.3) is 0 Å². The topological polar surface area (TPSA) is 96.5 Å². The molecule has 7 nitrogen and oxygen atoms in total. The fraction of sp³-hybridized carbons (Fsp3) is 0.192. The van der Waals surface area contributed by atoms with Crippen molar-refractivity contribution in [3.8, 4) is 5.75 Å². The highest BCUT2D eigenvalue weighted by atomic mass is 32.2. The Morgan fingerprint density at radius 3 is 1.94 bits per heavy atom. The highest BCUT2D eigenvalue weighted by Gasteiger charge is 2.16. The first-order valence-electron chi connectivity index (χ1n) is 10.7. The first-order chi connectivity index (χ1) is 16.3. The molecule has 0 saturated carbocycles. The number of methoxy groups -OCH3 is 1. The number of amides is 3. The summed E-state index contributed by atoms with van der Waals surface area (Å²) in [4.78, 5) is 37.1. The second-order valence-corrected chi connectivity index (χ2v) is 8.95. The second kappa shape index (κ2) is 11.9. The van der Waals surface area contributed by atoms with E-state index in [-0.39, 0.29) is 23.5 Å². The third-order valence-corrected chi connectivity index (χ3v) is 6.07. The minimum Gasteiger partial charge on any atom is -0.497 e. The number of nitrogens with one attached hydrogen (secondary N) is 3. The Morgan fingerprint density at radius 1 is 0.794 bits per heavy atom. The lowest BCUT2D eigenvalue weighted by Gasteiger charge is -2.13. The summed E-state index contributed by atoms with van der Waals surface area (Å²) < 4.78 is 5.11. The number of anilines is 3. The van der Waals surface area contributed by atoms with Gasteiger partial charge < -0.3 is 20.7 Å². The van der Waals surface area contributed by atoms with E-state index in [4.69, 9.17) is 4.74 Å². The van der Waals surface area contributed by atoms with Crippen molar-refractivity contribution in [2.45, 2.75) is 19.1 Å². The Kier molecular flexibility index (Phi) is 8.70. The Balaban J connectivity index is 1.45. The van der Waals surface area contributed by atoms with Crippen LogP contribution in [-0.4, -0.2) is 35.8 Å². The molecule has 0 bridgehead atoms. The third-order valence-electron chi connectivity index (χ3n) is 4.93. The zero-order valence-corrected chi connectivity index (χ0v) is 20.1. The monoisotopic (exact) mass is 477 g/mol. The van der Waals surface area contributed by atoms with Gasteiger partial charge in [0.05, 0.1) is 18.1 Å². The molecule has 0 radical (unpaired) electrons. The number of carbonyl (C=O) groups is 3. The lowest BCUT2D eigenvalue weighted by Crippen LogP contribution is -2.25. The van der Waals surface area contributed by atoms with Gasteiger partial charge in [-0.3, -0.25) is 14.4 Å². The Labute approximate surface area is 203 Å². The van der Waals surface area contributed by atoms with E-state index in [9.17, 15) is 14.4 Å². The van der Waals surface area contributed by atoms with Crippen LogP contribution < -0.4 is 20.7 Å². The van der Waals surface area contributed by atoms with Crippen molar-refractivity contribution in [3.05, 3.63) is 83.9 Å². The van der Waals surface area contributed by atoms with Crippen molar-refractivity contribution in [3.63, 3.8) is 0 Å². The largest absolute Gasteiger partial charge is 0.497 e. The molecule has 0 spiro atoms. The van der Waals surface area contributed by atoms with Gasteiger partial charge in [0.1, 0.15) is 5.75 Å². The van der Waals surface area contributed by atoms with E-state index >= 15 is 0 Å². The second-order valence-electron chi connectivity index (χ2n) is 7.62. The first-order valence-corrected chi connectivity index (χ1v) is 11.7. The van der Waals surface area contributed by atoms with E-state index in [1.165, 1.54) is 11.8 Å². The van der Waals surface area contributed by atoms with E-state index in [1.807, 2.05) is 31.2 Å². The Hall–Kier alpha value is -3.78. The van der Waals surface area contributed by atoms with Crippen LogP contribution in [0.2, 0.25) is 0 Å². The number of thioether (sulfide) groups is 1. The summed E-state index contributed by atoms with van der Waals surface area (Å²) in [5.41, 5.74) is 3.53. The lowest BCUT2D eigenvalue weighted by atomic mass is 10.2. The van der Waals surface area contributed by atoms with Gasteiger partial charge in [-0.25, -0.2) is 0 Å². The molecule has 3 aromatic carbocycles. The van der Waals surface area contributed by atoms with Crippen molar-refractivity contribution >= 4 is 46.5 Å². The van der Waals surface area contributed by atoms with Crippen LogP contribution in [0, 0.1) is 6.92 Å². The van der Waals surface area contributed by atoms with Crippen molar-refractivity contribution in [1.29, 1.82) is 0 Å². The highest BCUT2D eigenvalue weighted by Crippen LogP contribution is 2.18. The number of benzene rings is 3. The molecule has 3 N–H and O–H groups in total. The standard InChI is InChI=1S/C26H27N3O4S/c1-17-4-8-20(9-5-17)27-24(30)16-34-18(2)25(31)28-21-10-6-19(7-11-21)26(32)29-22-12-14-23(33-3)15-13-22/h4-15,18H,16H2,1-3H3,(H,27,30)(H,28,31)(H,29,32). The maximum Gasteiger partial charge on any atom is 0.255 e. The third kappa shape index (κ3) is 7.38. The molecule has 0 fully saturated rings. The summed E-state index contributed by atoms with van der Waals surface area (Å²) >= 11 is 1.25. The van der Waals surface area contributed by atoms with Gasteiger partial charge in [0.15, 0.2) is 0 Å². The van der Waals surface area contributed by atoms with Gasteiger partial charge in [0.25, 0.3) is 5.91 Å². The van der Waals surface area contributed by atoms with Crippen molar-refractivity contribution in [2.75, 3.05) is 28.8 Å². The molecule has 3 rings (SSSR count). The maximum absolute atomic E-state index is 12.5. The maximum atomic E-state index is 12.5. The molecule has 34 heavy (non-hydrogen) atoms. The predicted molar refractivity (Wildman–Crippen MR) is 138 cm³/mol. The minimum atomic E-state index is -0.429. The first kappa shape index (κ1) is 24.9. The van der Waals surface area contributed by atoms with Crippen LogP contribution >= 0.6 is 11.8 Å². The summed E-state index contributed by atoms with van der Waals surface area (Å²) in [6.45, 7) is 3.72. The van der Waals surface area contributed by atoms with Gasteiger partial charge in [0.2, 0.25) is 11.8 Å². The van der Waals surface area contributed by atoms with Gasteiger partial charge in [0, 0.05) is 22.6 Å². The van der Waals surface area contributed by atoms with Crippen LogP contribution in [0.4, 0.5) is 17.1 Å². The van der Waals surface area contributed by atoms with Gasteiger partial charge in [-0.2, -0.15) is 0 Å². The summed E-state index contributed by atoms with van der Waals surface area (Å²) in [7, 11) is 1.58. The molecule has 8 heteroatoms. The molecule has 1 atom stereocenters. The number of ether oxygens (including phenoxy) is 1. The van der Waals surface area contributed by atoms with Crippen molar-refractivity contribution in [2.24, 2.45) is 0 Å². The molecule has 1 unspecified atom stereocenters. The van der Waals surface area contributed by atoms with Gasteiger partial charge in [-0.15, -0.1) is 11.8 Å². The number of carbonyl (C=O) groups excluding carboxylic acids is 3. The van der Waals surface area contributed by atoms with E-state index in [0.717, 1.165) is 11.3 Å². The van der Waals surface area contributed by atoms with Gasteiger partial charge in [-0.05, 0) is 74.5 Å². The molecule has 0 saturated heterocycles. The number of rotatable bonds is 9. The summed E-state index contributed by atoms with van der Waals surface area (Å²) in [6, 6.07) is 21.2. The number of aryl methyl sites for hydroxylation is 1. The lowest BCUT2D eigenvalue weighted by molar-refractivity contribution is -0.115. The molecule has 0 aliphatic carbocycles. The van der Waals surface area contributed by atoms with Crippen molar-refractivity contribution in [1.82, 2.24) is 0 Å².